The Balaban J connectivity index is 3.28. The normalized spacial score (nSPS) is 9.62. The van der Waals surface area contributed by atoms with Crippen LogP contribution >= 0.6 is 0 Å². The van der Waals surface area contributed by atoms with E-state index in [0.717, 1.165) is 12.1 Å². The summed E-state index contributed by atoms with van der Waals surface area (Å²) >= 11 is 0. The van der Waals surface area contributed by atoms with Gasteiger partial charge in [-0.1, -0.05) is 0 Å². The van der Waals surface area contributed by atoms with Crippen molar-refractivity contribution in [2.45, 2.75) is 0 Å². The lowest BCUT2D eigenvalue weighted by molar-refractivity contribution is -0.387. The second-order valence-corrected chi connectivity index (χ2v) is 2.69. The third-order valence-electron chi connectivity index (χ3n) is 1.71. The predicted molar refractivity (Wildman–Crippen MR) is 51.3 cm³/mol. The van der Waals surface area contributed by atoms with Gasteiger partial charge >= 0.3 is 11.8 Å². The molecule has 0 aliphatic carbocycles. The van der Waals surface area contributed by atoms with Gasteiger partial charge in [0, 0.05) is 12.1 Å². The lowest BCUT2D eigenvalue weighted by atomic mass is 10.2. The van der Waals surface area contributed by atoms with Crippen molar-refractivity contribution in [1.82, 2.24) is 0 Å². The van der Waals surface area contributed by atoms with E-state index in [1.165, 1.54) is 7.11 Å². The van der Waals surface area contributed by atoms with Gasteiger partial charge in [-0.2, -0.15) is 4.39 Å². The molecule has 86 valence electrons. The number of benzene rings is 1. The third-order valence-corrected chi connectivity index (χ3v) is 1.71. The number of carboxylic acid groups (broad SMARTS) is 1. The fourth-order valence-electron chi connectivity index (χ4n) is 1.07. The zero-order valence-electron chi connectivity index (χ0n) is 8.06. The standard InChI is InChI=1S/C8H7FN2O5/c1-16-7-2-4(9)6(11(14)15)3-5(7)10-8(12)13/h2-3,10H,1H3,(H,12,13). The first-order valence-corrected chi connectivity index (χ1v) is 3.97. The molecule has 0 aliphatic heterocycles. The second kappa shape index (κ2) is 4.43. The van der Waals surface area contributed by atoms with Gasteiger partial charge in [0.05, 0.1) is 17.7 Å². The third kappa shape index (κ3) is 2.35. The fraction of sp³-hybridized carbons (Fsp3) is 0.125. The molecule has 7 nitrogen and oxygen atoms in total. The van der Waals surface area contributed by atoms with Crippen LogP contribution in [0.25, 0.3) is 0 Å². The first-order valence-electron chi connectivity index (χ1n) is 3.97. The molecule has 0 saturated heterocycles. The van der Waals surface area contributed by atoms with Crippen LogP contribution in [0.2, 0.25) is 0 Å². The number of nitro groups is 1. The summed E-state index contributed by atoms with van der Waals surface area (Å²) in [5, 5.41) is 20.7. The molecule has 1 aromatic carbocycles. The molecule has 2 N–H and O–H groups in total. The highest BCUT2D eigenvalue weighted by atomic mass is 19.1. The summed E-state index contributed by atoms with van der Waals surface area (Å²) in [6.07, 6.45) is -1.43. The SMILES string of the molecule is COc1cc(F)c([N+](=O)[O-])cc1NC(=O)O. The van der Waals surface area contributed by atoms with E-state index in [0.29, 0.717) is 0 Å². The highest BCUT2D eigenvalue weighted by molar-refractivity contribution is 5.86. The smallest absolute Gasteiger partial charge is 0.409 e. The Kier molecular flexibility index (Phi) is 3.24. The number of nitrogens with one attached hydrogen (secondary N) is 1. The highest BCUT2D eigenvalue weighted by Gasteiger charge is 2.19. The summed E-state index contributed by atoms with van der Waals surface area (Å²) in [5.74, 6) is -1.23. The van der Waals surface area contributed by atoms with Gasteiger partial charge in [0.1, 0.15) is 5.75 Å². The Bertz CT molecular complexity index is 448. The van der Waals surface area contributed by atoms with Crippen molar-refractivity contribution in [2.75, 3.05) is 12.4 Å². The lowest BCUT2D eigenvalue weighted by Gasteiger charge is -2.07. The molecule has 0 aromatic heterocycles. The number of methoxy groups -OCH3 is 1. The molecule has 8 heteroatoms. The van der Waals surface area contributed by atoms with E-state index in [4.69, 9.17) is 5.11 Å². The van der Waals surface area contributed by atoms with Crippen LogP contribution in [0.4, 0.5) is 20.6 Å². The zero-order chi connectivity index (χ0) is 12.3. The van der Waals surface area contributed by atoms with Crippen molar-refractivity contribution < 1.29 is 24.0 Å². The number of ether oxygens (including phenoxy) is 1. The maximum atomic E-state index is 13.1. The molecule has 0 radical (unpaired) electrons. The van der Waals surface area contributed by atoms with Crippen molar-refractivity contribution in [3.63, 3.8) is 0 Å². The Morgan fingerprint density at radius 1 is 1.62 bits per heavy atom. The number of anilines is 1. The van der Waals surface area contributed by atoms with Gasteiger partial charge in [0.2, 0.25) is 5.82 Å². The maximum Gasteiger partial charge on any atom is 0.409 e. The topological polar surface area (TPSA) is 102 Å². The molecule has 0 spiro atoms. The first kappa shape index (κ1) is 11.7. The van der Waals surface area contributed by atoms with Crippen LogP contribution in [-0.4, -0.2) is 23.2 Å². The lowest BCUT2D eigenvalue weighted by Crippen LogP contribution is -2.09. The molecule has 0 heterocycles. The zero-order valence-corrected chi connectivity index (χ0v) is 8.06. The Labute approximate surface area is 88.6 Å². The highest BCUT2D eigenvalue weighted by Crippen LogP contribution is 2.31. The van der Waals surface area contributed by atoms with E-state index in [2.05, 4.69) is 4.74 Å². The van der Waals surface area contributed by atoms with Crippen LogP contribution in [0.3, 0.4) is 0 Å². The average molecular weight is 230 g/mol. The average Bonchev–Trinajstić information content (AvgIpc) is 2.18. The molecule has 0 bridgehead atoms. The number of rotatable bonds is 3. The molecule has 0 unspecified atom stereocenters. The number of hydrogen-bond donors (Lipinski definition) is 2. The molecular weight excluding hydrogens is 223 g/mol. The van der Waals surface area contributed by atoms with Gasteiger partial charge in [0.15, 0.2) is 0 Å². The van der Waals surface area contributed by atoms with Gasteiger partial charge < -0.3 is 9.84 Å². The van der Waals surface area contributed by atoms with Gasteiger partial charge in [-0.05, 0) is 0 Å². The molecular formula is C8H7FN2O5. The molecule has 0 atom stereocenters. The van der Waals surface area contributed by atoms with Crippen LogP contribution in [0.1, 0.15) is 0 Å². The van der Waals surface area contributed by atoms with Crippen LogP contribution in [0, 0.1) is 15.9 Å². The molecule has 0 saturated carbocycles. The maximum absolute atomic E-state index is 13.1. The molecule has 1 rings (SSSR count). The van der Waals surface area contributed by atoms with Crippen LogP contribution < -0.4 is 10.1 Å². The molecule has 1 aromatic rings. The fourth-order valence-corrected chi connectivity index (χ4v) is 1.07. The largest absolute Gasteiger partial charge is 0.494 e. The Morgan fingerprint density at radius 3 is 2.69 bits per heavy atom. The number of carbonyl (C=O) groups is 1. The Hall–Kier alpha value is -2.38. The van der Waals surface area contributed by atoms with E-state index < -0.39 is 22.5 Å². The van der Waals surface area contributed by atoms with Gasteiger partial charge in [-0.3, -0.25) is 15.4 Å². The van der Waals surface area contributed by atoms with E-state index in [1.54, 1.807) is 0 Å². The second-order valence-electron chi connectivity index (χ2n) is 2.69. The summed E-state index contributed by atoms with van der Waals surface area (Å²) in [7, 11) is 1.19. The summed E-state index contributed by atoms with van der Waals surface area (Å²) in [5.41, 5.74) is -1.02. The molecule has 1 amide bonds. The minimum atomic E-state index is -1.43. The van der Waals surface area contributed by atoms with Crippen LogP contribution in [0.5, 0.6) is 5.75 Å². The quantitative estimate of drug-likeness (QED) is 0.609. The van der Waals surface area contributed by atoms with Crippen molar-refractivity contribution in [1.29, 1.82) is 0 Å². The minimum Gasteiger partial charge on any atom is -0.494 e. The van der Waals surface area contributed by atoms with Crippen LogP contribution in [-0.2, 0) is 0 Å². The molecule has 0 fully saturated rings. The molecule has 16 heavy (non-hydrogen) atoms. The van der Waals surface area contributed by atoms with Crippen LogP contribution in [0.15, 0.2) is 12.1 Å². The summed E-state index contributed by atoms with van der Waals surface area (Å²) in [6.45, 7) is 0. The van der Waals surface area contributed by atoms with E-state index in [1.807, 2.05) is 5.32 Å². The van der Waals surface area contributed by atoms with Gasteiger partial charge in [-0.15, -0.1) is 0 Å². The summed E-state index contributed by atoms with van der Waals surface area (Å²) < 4.78 is 17.8. The first-order chi connectivity index (χ1) is 7.45. The number of amides is 1. The summed E-state index contributed by atoms with van der Waals surface area (Å²) in [6, 6.07) is 1.49. The summed E-state index contributed by atoms with van der Waals surface area (Å²) in [4.78, 5) is 19.8. The van der Waals surface area contributed by atoms with E-state index >= 15 is 0 Å². The number of halogens is 1. The van der Waals surface area contributed by atoms with Crippen molar-refractivity contribution in [2.24, 2.45) is 0 Å². The molecule has 0 aliphatic rings. The predicted octanol–water partition coefficient (Wildman–Crippen LogP) is 1.83. The van der Waals surface area contributed by atoms with Gasteiger partial charge in [-0.25, -0.2) is 4.79 Å². The minimum absolute atomic E-state index is 0.134. The number of hydrogen-bond acceptors (Lipinski definition) is 4. The Morgan fingerprint density at radius 2 is 2.25 bits per heavy atom. The van der Waals surface area contributed by atoms with Gasteiger partial charge in [0.25, 0.3) is 0 Å². The number of nitrogens with zero attached hydrogens (tertiary/aromatic N) is 1. The van der Waals surface area contributed by atoms with Crippen molar-refractivity contribution in [3.8, 4) is 5.75 Å². The van der Waals surface area contributed by atoms with Crippen molar-refractivity contribution in [3.05, 3.63) is 28.1 Å². The van der Waals surface area contributed by atoms with E-state index in [9.17, 15) is 19.3 Å². The van der Waals surface area contributed by atoms with Crippen molar-refractivity contribution >= 4 is 17.5 Å². The number of nitro benzene ring substituents is 1. The van der Waals surface area contributed by atoms with E-state index in [-0.39, 0.29) is 11.4 Å². The monoisotopic (exact) mass is 230 g/mol.